The van der Waals surface area contributed by atoms with Gasteiger partial charge in [0.25, 0.3) is 5.91 Å². The minimum absolute atomic E-state index is 0.165. The van der Waals surface area contributed by atoms with Crippen LogP contribution in [0.2, 0.25) is 0 Å². The van der Waals surface area contributed by atoms with E-state index in [1.807, 2.05) is 32.9 Å². The van der Waals surface area contributed by atoms with Crippen molar-refractivity contribution in [3.8, 4) is 0 Å². The number of carbonyl (C=O) groups is 1. The van der Waals surface area contributed by atoms with Crippen molar-refractivity contribution in [2.24, 2.45) is 0 Å². The zero-order chi connectivity index (χ0) is 14.5. The third-order valence-corrected chi connectivity index (χ3v) is 2.92. The van der Waals surface area contributed by atoms with E-state index < -0.39 is 0 Å². The zero-order valence-electron chi connectivity index (χ0n) is 11.9. The van der Waals surface area contributed by atoms with E-state index in [2.05, 4.69) is 15.6 Å². The number of anilines is 1. The third kappa shape index (κ3) is 3.38. The molecule has 0 bridgehead atoms. The number of carbonyl (C=O) groups excluding carboxylic acids is 1. The molecular weight excluding hydrogens is 254 g/mol. The lowest BCUT2D eigenvalue weighted by Crippen LogP contribution is -2.26. The first kappa shape index (κ1) is 14.1. The van der Waals surface area contributed by atoms with Crippen molar-refractivity contribution in [3.05, 3.63) is 47.5 Å². The minimum Gasteiger partial charge on any atom is -0.464 e. The van der Waals surface area contributed by atoms with Crippen LogP contribution in [0.25, 0.3) is 0 Å². The van der Waals surface area contributed by atoms with E-state index in [4.69, 9.17) is 4.42 Å². The Balaban J connectivity index is 2.00. The van der Waals surface area contributed by atoms with Crippen LogP contribution in [0, 0.1) is 6.92 Å². The predicted octanol–water partition coefficient (Wildman–Crippen LogP) is 2.91. The fourth-order valence-electron chi connectivity index (χ4n) is 1.85. The van der Waals surface area contributed by atoms with E-state index in [-0.39, 0.29) is 11.9 Å². The van der Waals surface area contributed by atoms with Crippen LogP contribution in [-0.2, 0) is 0 Å². The summed E-state index contributed by atoms with van der Waals surface area (Å²) in [5.74, 6) is 2.17. The number of amides is 1. The molecule has 0 spiro atoms. The molecule has 1 atom stereocenters. The van der Waals surface area contributed by atoms with Gasteiger partial charge in [-0.25, -0.2) is 4.98 Å². The van der Waals surface area contributed by atoms with E-state index in [1.165, 1.54) is 0 Å². The summed E-state index contributed by atoms with van der Waals surface area (Å²) in [7, 11) is 0. The van der Waals surface area contributed by atoms with Crippen LogP contribution in [0.1, 0.15) is 41.8 Å². The van der Waals surface area contributed by atoms with Gasteiger partial charge in [-0.1, -0.05) is 0 Å². The van der Waals surface area contributed by atoms with Gasteiger partial charge in [0.05, 0.1) is 11.6 Å². The Morgan fingerprint density at radius 1 is 1.35 bits per heavy atom. The monoisotopic (exact) mass is 273 g/mol. The van der Waals surface area contributed by atoms with Crippen LogP contribution in [0.15, 0.2) is 34.9 Å². The highest BCUT2D eigenvalue weighted by molar-refractivity contribution is 5.94. The van der Waals surface area contributed by atoms with Crippen molar-refractivity contribution < 1.29 is 9.21 Å². The maximum Gasteiger partial charge on any atom is 0.253 e. The molecule has 0 saturated carbocycles. The molecule has 0 aliphatic heterocycles. The van der Waals surface area contributed by atoms with Gasteiger partial charge in [0.2, 0.25) is 0 Å². The highest BCUT2D eigenvalue weighted by Crippen LogP contribution is 2.16. The fourth-order valence-corrected chi connectivity index (χ4v) is 1.85. The van der Waals surface area contributed by atoms with Gasteiger partial charge in [0.1, 0.15) is 17.3 Å². The van der Waals surface area contributed by atoms with E-state index in [1.54, 1.807) is 18.3 Å². The van der Waals surface area contributed by atoms with Gasteiger partial charge in [-0.3, -0.25) is 4.79 Å². The molecule has 5 nitrogen and oxygen atoms in total. The summed E-state index contributed by atoms with van der Waals surface area (Å²) in [5.41, 5.74) is 0.529. The molecule has 1 unspecified atom stereocenters. The largest absolute Gasteiger partial charge is 0.464 e. The number of hydrogen-bond acceptors (Lipinski definition) is 4. The van der Waals surface area contributed by atoms with Gasteiger partial charge < -0.3 is 15.1 Å². The lowest BCUT2D eigenvalue weighted by Gasteiger charge is -2.11. The number of pyridine rings is 1. The molecule has 5 heteroatoms. The normalized spacial score (nSPS) is 11.9. The first-order valence-corrected chi connectivity index (χ1v) is 6.67. The van der Waals surface area contributed by atoms with Crippen molar-refractivity contribution in [2.45, 2.75) is 26.8 Å². The van der Waals surface area contributed by atoms with E-state index >= 15 is 0 Å². The second-order valence-electron chi connectivity index (χ2n) is 4.61. The molecule has 2 aromatic rings. The smallest absolute Gasteiger partial charge is 0.253 e. The number of nitrogens with one attached hydrogen (secondary N) is 2. The molecule has 0 radical (unpaired) electrons. The maximum absolute atomic E-state index is 12.1. The molecular formula is C15H19N3O2. The quantitative estimate of drug-likeness (QED) is 0.879. The Bertz CT molecular complexity index is 575. The van der Waals surface area contributed by atoms with E-state index in [9.17, 15) is 4.79 Å². The second kappa shape index (κ2) is 6.23. The SMILES string of the molecule is CCNc1ccc(C(=O)NC(C)c2ccc(C)o2)cn1. The first-order valence-electron chi connectivity index (χ1n) is 6.67. The van der Waals surface area contributed by atoms with Crippen molar-refractivity contribution in [1.29, 1.82) is 0 Å². The number of rotatable bonds is 5. The van der Waals surface area contributed by atoms with Gasteiger partial charge in [0, 0.05) is 12.7 Å². The molecule has 0 aromatic carbocycles. The predicted molar refractivity (Wildman–Crippen MR) is 77.7 cm³/mol. The second-order valence-corrected chi connectivity index (χ2v) is 4.61. The summed E-state index contributed by atoms with van der Waals surface area (Å²) < 4.78 is 5.49. The number of hydrogen-bond donors (Lipinski definition) is 2. The van der Waals surface area contributed by atoms with E-state index in [0.29, 0.717) is 5.56 Å². The Morgan fingerprint density at radius 2 is 2.15 bits per heavy atom. The van der Waals surface area contributed by atoms with Crippen LogP contribution in [0.4, 0.5) is 5.82 Å². The number of furan rings is 1. The minimum atomic E-state index is -0.176. The van der Waals surface area contributed by atoms with Crippen LogP contribution in [0.3, 0.4) is 0 Å². The number of aromatic nitrogens is 1. The van der Waals surface area contributed by atoms with Crippen molar-refractivity contribution in [3.63, 3.8) is 0 Å². The lowest BCUT2D eigenvalue weighted by molar-refractivity contribution is 0.0935. The van der Waals surface area contributed by atoms with Crippen LogP contribution < -0.4 is 10.6 Å². The molecule has 20 heavy (non-hydrogen) atoms. The standard InChI is InChI=1S/C15H19N3O2/c1-4-16-14-8-6-12(9-17-14)15(19)18-11(3)13-7-5-10(2)20-13/h5-9,11H,4H2,1-3H3,(H,16,17)(H,18,19). The fraction of sp³-hybridized carbons (Fsp3) is 0.333. The Labute approximate surface area is 118 Å². The van der Waals surface area contributed by atoms with E-state index in [0.717, 1.165) is 23.9 Å². The van der Waals surface area contributed by atoms with Crippen molar-refractivity contribution in [2.75, 3.05) is 11.9 Å². The van der Waals surface area contributed by atoms with Crippen molar-refractivity contribution in [1.82, 2.24) is 10.3 Å². The van der Waals surface area contributed by atoms with Gasteiger partial charge in [-0.2, -0.15) is 0 Å². The Hall–Kier alpha value is -2.30. The average Bonchev–Trinajstić information content (AvgIpc) is 2.86. The zero-order valence-corrected chi connectivity index (χ0v) is 11.9. The maximum atomic E-state index is 12.1. The topological polar surface area (TPSA) is 67.2 Å². The average molecular weight is 273 g/mol. The summed E-state index contributed by atoms with van der Waals surface area (Å²) in [6.45, 7) is 6.56. The Morgan fingerprint density at radius 3 is 2.70 bits per heavy atom. The van der Waals surface area contributed by atoms with Gasteiger partial charge in [0.15, 0.2) is 0 Å². The van der Waals surface area contributed by atoms with Crippen molar-refractivity contribution >= 4 is 11.7 Å². The molecule has 1 amide bonds. The molecule has 106 valence electrons. The Kier molecular flexibility index (Phi) is 4.40. The molecule has 2 heterocycles. The first-order chi connectivity index (χ1) is 9.60. The van der Waals surface area contributed by atoms with Crippen LogP contribution >= 0.6 is 0 Å². The van der Waals surface area contributed by atoms with Gasteiger partial charge in [-0.15, -0.1) is 0 Å². The molecule has 2 N–H and O–H groups in total. The molecule has 2 rings (SSSR count). The molecule has 0 aliphatic rings. The highest BCUT2D eigenvalue weighted by Gasteiger charge is 2.14. The third-order valence-electron chi connectivity index (χ3n) is 2.92. The highest BCUT2D eigenvalue weighted by atomic mass is 16.3. The number of aryl methyl sites for hydroxylation is 1. The summed E-state index contributed by atoms with van der Waals surface area (Å²) in [4.78, 5) is 16.3. The van der Waals surface area contributed by atoms with Gasteiger partial charge in [-0.05, 0) is 45.0 Å². The number of nitrogens with zero attached hydrogens (tertiary/aromatic N) is 1. The summed E-state index contributed by atoms with van der Waals surface area (Å²) in [6.07, 6.45) is 1.56. The van der Waals surface area contributed by atoms with Crippen LogP contribution in [0.5, 0.6) is 0 Å². The summed E-state index contributed by atoms with van der Waals surface area (Å²) >= 11 is 0. The lowest BCUT2D eigenvalue weighted by atomic mass is 10.2. The summed E-state index contributed by atoms with van der Waals surface area (Å²) in [5, 5.41) is 5.97. The van der Waals surface area contributed by atoms with Gasteiger partial charge >= 0.3 is 0 Å². The summed E-state index contributed by atoms with van der Waals surface area (Å²) in [6, 6.07) is 7.11. The molecule has 0 aliphatic carbocycles. The molecule has 0 fully saturated rings. The van der Waals surface area contributed by atoms with Crippen LogP contribution in [-0.4, -0.2) is 17.4 Å². The molecule has 2 aromatic heterocycles. The molecule has 0 saturated heterocycles.